The van der Waals surface area contributed by atoms with Crippen LogP contribution in [0.2, 0.25) is 0 Å². The van der Waals surface area contributed by atoms with Gasteiger partial charge in [-0.2, -0.15) is 0 Å². The average molecular weight is 412 g/mol. The van der Waals surface area contributed by atoms with Gasteiger partial charge in [0.15, 0.2) is 11.5 Å². The first-order valence-corrected chi connectivity index (χ1v) is 10.3. The number of carbonyl (C=O) groups is 2. The van der Waals surface area contributed by atoms with Gasteiger partial charge in [-0.05, 0) is 54.8 Å². The summed E-state index contributed by atoms with van der Waals surface area (Å²) in [6.45, 7) is 1.45. The van der Waals surface area contributed by atoms with Crippen LogP contribution in [0.25, 0.3) is 0 Å². The first-order valence-electron chi connectivity index (χ1n) is 10.3. The van der Waals surface area contributed by atoms with Crippen molar-refractivity contribution in [2.75, 3.05) is 26.3 Å². The summed E-state index contributed by atoms with van der Waals surface area (Å²) in [7, 11) is 0. The first-order chi connectivity index (χ1) is 14.6. The number of benzene rings is 2. The third-order valence-electron chi connectivity index (χ3n) is 5.86. The molecule has 2 amide bonds. The minimum absolute atomic E-state index is 0.132. The van der Waals surface area contributed by atoms with Gasteiger partial charge in [-0.1, -0.05) is 18.9 Å². The van der Waals surface area contributed by atoms with Crippen LogP contribution in [0.1, 0.15) is 41.6 Å². The zero-order valence-corrected chi connectivity index (χ0v) is 16.7. The first kappa shape index (κ1) is 20.2. The molecule has 0 saturated heterocycles. The standard InChI is InChI=1S/C23H25FN2O4/c24-18-6-3-16(4-7-18)22(28)25-14-21(27)26-15-23(9-1-2-10-23)17-5-8-19-20(13-17)30-12-11-29-19/h3-8,13H,1-2,9-12,14-15H2,(H,25,28)(H,26,27). The molecule has 0 unspecified atom stereocenters. The van der Waals surface area contributed by atoms with E-state index in [1.165, 1.54) is 24.3 Å². The zero-order valence-electron chi connectivity index (χ0n) is 16.7. The Morgan fingerprint density at radius 3 is 2.37 bits per heavy atom. The monoisotopic (exact) mass is 412 g/mol. The molecule has 0 atom stereocenters. The summed E-state index contributed by atoms with van der Waals surface area (Å²) < 4.78 is 24.3. The van der Waals surface area contributed by atoms with Crippen molar-refractivity contribution in [1.82, 2.24) is 10.6 Å². The molecule has 2 aromatic carbocycles. The minimum atomic E-state index is -0.412. The van der Waals surface area contributed by atoms with E-state index in [0.29, 0.717) is 25.3 Å². The van der Waals surface area contributed by atoms with Gasteiger partial charge in [0.05, 0.1) is 6.54 Å². The topological polar surface area (TPSA) is 76.7 Å². The maximum atomic E-state index is 13.0. The lowest BCUT2D eigenvalue weighted by Crippen LogP contribution is -2.43. The molecule has 0 radical (unpaired) electrons. The van der Waals surface area contributed by atoms with Crippen molar-refractivity contribution >= 4 is 11.8 Å². The highest BCUT2D eigenvalue weighted by atomic mass is 19.1. The summed E-state index contributed by atoms with van der Waals surface area (Å²) in [5, 5.41) is 5.55. The molecule has 30 heavy (non-hydrogen) atoms. The predicted octanol–water partition coefficient (Wildman–Crippen LogP) is 2.95. The lowest BCUT2D eigenvalue weighted by molar-refractivity contribution is -0.120. The van der Waals surface area contributed by atoms with Crippen molar-refractivity contribution in [2.24, 2.45) is 0 Å². The van der Waals surface area contributed by atoms with Gasteiger partial charge in [-0.15, -0.1) is 0 Å². The SMILES string of the molecule is O=C(CNC(=O)c1ccc(F)cc1)NCC1(c2ccc3c(c2)OCCO3)CCCC1. The Morgan fingerprint density at radius 2 is 1.63 bits per heavy atom. The second kappa shape index (κ2) is 8.73. The summed E-state index contributed by atoms with van der Waals surface area (Å²) >= 11 is 0. The van der Waals surface area contributed by atoms with Crippen molar-refractivity contribution in [3.8, 4) is 11.5 Å². The van der Waals surface area contributed by atoms with E-state index >= 15 is 0 Å². The summed E-state index contributed by atoms with van der Waals surface area (Å²) in [6, 6.07) is 11.2. The van der Waals surface area contributed by atoms with E-state index in [1.807, 2.05) is 12.1 Å². The van der Waals surface area contributed by atoms with Crippen molar-refractivity contribution in [1.29, 1.82) is 0 Å². The van der Waals surface area contributed by atoms with Crippen LogP contribution in [0.4, 0.5) is 4.39 Å². The molecule has 1 saturated carbocycles. The maximum absolute atomic E-state index is 13.0. The van der Waals surface area contributed by atoms with Gasteiger partial charge in [0, 0.05) is 17.5 Å². The van der Waals surface area contributed by atoms with E-state index in [9.17, 15) is 14.0 Å². The fourth-order valence-electron chi connectivity index (χ4n) is 4.19. The number of rotatable bonds is 6. The Morgan fingerprint density at radius 1 is 0.933 bits per heavy atom. The molecule has 0 spiro atoms. The maximum Gasteiger partial charge on any atom is 0.251 e. The quantitative estimate of drug-likeness (QED) is 0.765. The van der Waals surface area contributed by atoms with Gasteiger partial charge in [-0.25, -0.2) is 4.39 Å². The van der Waals surface area contributed by atoms with Gasteiger partial charge < -0.3 is 20.1 Å². The molecule has 1 heterocycles. The smallest absolute Gasteiger partial charge is 0.251 e. The number of hydrogen-bond donors (Lipinski definition) is 2. The number of carbonyl (C=O) groups excluding carboxylic acids is 2. The number of amides is 2. The molecule has 1 aliphatic heterocycles. The molecule has 6 nitrogen and oxygen atoms in total. The van der Waals surface area contributed by atoms with Crippen LogP contribution < -0.4 is 20.1 Å². The summed E-state index contributed by atoms with van der Waals surface area (Å²) in [5.74, 6) is 0.431. The molecule has 4 rings (SSSR count). The Balaban J connectivity index is 1.36. The van der Waals surface area contributed by atoms with Gasteiger partial charge >= 0.3 is 0 Å². The summed E-state index contributed by atoms with van der Waals surface area (Å²) in [5.41, 5.74) is 1.31. The van der Waals surface area contributed by atoms with Crippen LogP contribution >= 0.6 is 0 Å². The Hall–Kier alpha value is -3.09. The molecule has 0 aromatic heterocycles. The summed E-state index contributed by atoms with van der Waals surface area (Å²) in [6.07, 6.45) is 4.17. The van der Waals surface area contributed by atoms with E-state index < -0.39 is 11.7 Å². The fourth-order valence-corrected chi connectivity index (χ4v) is 4.19. The molecule has 0 bridgehead atoms. The highest BCUT2D eigenvalue weighted by Crippen LogP contribution is 2.43. The van der Waals surface area contributed by atoms with Gasteiger partial charge in [0.25, 0.3) is 5.91 Å². The van der Waals surface area contributed by atoms with Gasteiger partial charge in [-0.3, -0.25) is 9.59 Å². The number of fused-ring (bicyclic) bond motifs is 1. The van der Waals surface area contributed by atoms with E-state index in [2.05, 4.69) is 16.7 Å². The Labute approximate surface area is 174 Å². The minimum Gasteiger partial charge on any atom is -0.486 e. The molecule has 2 aliphatic rings. The lowest BCUT2D eigenvalue weighted by atomic mass is 9.78. The fraction of sp³-hybridized carbons (Fsp3) is 0.391. The van der Waals surface area contributed by atoms with Crippen molar-refractivity contribution in [3.63, 3.8) is 0 Å². The second-order valence-electron chi connectivity index (χ2n) is 7.81. The average Bonchev–Trinajstić information content (AvgIpc) is 3.26. The van der Waals surface area contributed by atoms with Crippen LogP contribution in [0, 0.1) is 5.82 Å². The van der Waals surface area contributed by atoms with Crippen LogP contribution in [-0.4, -0.2) is 38.1 Å². The van der Waals surface area contributed by atoms with Crippen LogP contribution in [0.3, 0.4) is 0 Å². The van der Waals surface area contributed by atoms with Crippen LogP contribution in [-0.2, 0) is 10.2 Å². The number of ether oxygens (including phenoxy) is 2. The number of nitrogens with one attached hydrogen (secondary N) is 2. The summed E-state index contributed by atoms with van der Waals surface area (Å²) in [4.78, 5) is 24.5. The van der Waals surface area contributed by atoms with E-state index in [1.54, 1.807) is 0 Å². The van der Waals surface area contributed by atoms with Crippen molar-refractivity contribution in [3.05, 3.63) is 59.4 Å². The van der Waals surface area contributed by atoms with Gasteiger partial charge in [0.1, 0.15) is 19.0 Å². The predicted molar refractivity (Wildman–Crippen MR) is 109 cm³/mol. The third-order valence-corrected chi connectivity index (χ3v) is 5.86. The Bertz CT molecular complexity index is 923. The zero-order chi connectivity index (χ0) is 21.0. The van der Waals surface area contributed by atoms with E-state index in [4.69, 9.17) is 9.47 Å². The molecular weight excluding hydrogens is 387 g/mol. The van der Waals surface area contributed by atoms with E-state index in [0.717, 1.165) is 42.7 Å². The number of hydrogen-bond acceptors (Lipinski definition) is 4. The lowest BCUT2D eigenvalue weighted by Gasteiger charge is -2.31. The molecular formula is C23H25FN2O4. The highest BCUT2D eigenvalue weighted by Gasteiger charge is 2.36. The Kier molecular flexibility index (Phi) is 5.88. The molecule has 1 aliphatic carbocycles. The molecule has 158 valence electrons. The highest BCUT2D eigenvalue weighted by molar-refractivity contribution is 5.96. The second-order valence-corrected chi connectivity index (χ2v) is 7.81. The normalized spacial score (nSPS) is 16.7. The third kappa shape index (κ3) is 4.40. The van der Waals surface area contributed by atoms with Gasteiger partial charge in [0.2, 0.25) is 5.91 Å². The van der Waals surface area contributed by atoms with Crippen LogP contribution in [0.5, 0.6) is 11.5 Å². The van der Waals surface area contributed by atoms with Crippen molar-refractivity contribution < 1.29 is 23.5 Å². The largest absolute Gasteiger partial charge is 0.486 e. The number of halogens is 1. The van der Waals surface area contributed by atoms with Crippen LogP contribution in [0.15, 0.2) is 42.5 Å². The molecule has 1 fully saturated rings. The van der Waals surface area contributed by atoms with E-state index in [-0.39, 0.29) is 17.9 Å². The van der Waals surface area contributed by atoms with Crippen molar-refractivity contribution in [2.45, 2.75) is 31.1 Å². The molecule has 2 aromatic rings. The molecule has 2 N–H and O–H groups in total. The molecule has 7 heteroatoms.